The SMILES string of the molecule is CC(C)CNC1(CO)CCc2c(F)cccc21. The second-order valence-corrected chi connectivity index (χ2v) is 5.28. The highest BCUT2D eigenvalue weighted by atomic mass is 19.1. The van der Waals surface area contributed by atoms with E-state index in [4.69, 9.17) is 0 Å². The molecule has 0 saturated carbocycles. The summed E-state index contributed by atoms with van der Waals surface area (Å²) < 4.78 is 13.7. The fourth-order valence-corrected chi connectivity index (χ4v) is 2.54. The van der Waals surface area contributed by atoms with Gasteiger partial charge in [0.25, 0.3) is 0 Å². The van der Waals surface area contributed by atoms with Crippen LogP contribution in [0.5, 0.6) is 0 Å². The monoisotopic (exact) mass is 237 g/mol. The van der Waals surface area contributed by atoms with Gasteiger partial charge in [-0.05, 0) is 42.5 Å². The maximum Gasteiger partial charge on any atom is 0.126 e. The molecule has 2 rings (SSSR count). The van der Waals surface area contributed by atoms with Gasteiger partial charge in [-0.3, -0.25) is 0 Å². The van der Waals surface area contributed by atoms with E-state index in [0.717, 1.165) is 24.1 Å². The molecule has 0 amide bonds. The summed E-state index contributed by atoms with van der Waals surface area (Å²) >= 11 is 0. The molecule has 17 heavy (non-hydrogen) atoms. The van der Waals surface area contributed by atoms with Gasteiger partial charge in [0.15, 0.2) is 0 Å². The molecular weight excluding hydrogens is 217 g/mol. The first-order valence-corrected chi connectivity index (χ1v) is 6.23. The van der Waals surface area contributed by atoms with E-state index in [1.165, 1.54) is 6.07 Å². The van der Waals surface area contributed by atoms with Crippen molar-refractivity contribution in [3.63, 3.8) is 0 Å². The third-order valence-corrected chi connectivity index (χ3v) is 3.55. The van der Waals surface area contributed by atoms with Crippen molar-refractivity contribution < 1.29 is 9.50 Å². The number of aliphatic hydroxyl groups excluding tert-OH is 1. The number of hydrogen-bond acceptors (Lipinski definition) is 2. The van der Waals surface area contributed by atoms with Crippen LogP contribution >= 0.6 is 0 Å². The topological polar surface area (TPSA) is 32.3 Å². The van der Waals surface area contributed by atoms with Crippen molar-refractivity contribution in [3.05, 3.63) is 35.1 Å². The standard InChI is InChI=1S/C14H20FNO/c1-10(2)8-16-14(9-17)7-6-11-12(14)4-3-5-13(11)15/h3-5,10,16-17H,6-9H2,1-2H3. The van der Waals surface area contributed by atoms with E-state index in [1.807, 2.05) is 6.07 Å². The van der Waals surface area contributed by atoms with Crippen LogP contribution in [0.25, 0.3) is 0 Å². The zero-order valence-corrected chi connectivity index (χ0v) is 10.5. The van der Waals surface area contributed by atoms with Crippen molar-refractivity contribution in [2.45, 2.75) is 32.2 Å². The lowest BCUT2D eigenvalue weighted by Gasteiger charge is -2.30. The summed E-state index contributed by atoms with van der Waals surface area (Å²) in [7, 11) is 0. The number of aliphatic hydroxyl groups is 1. The van der Waals surface area contributed by atoms with Crippen molar-refractivity contribution in [2.75, 3.05) is 13.2 Å². The average molecular weight is 237 g/mol. The Morgan fingerprint density at radius 3 is 2.88 bits per heavy atom. The van der Waals surface area contributed by atoms with Gasteiger partial charge in [-0.2, -0.15) is 0 Å². The fourth-order valence-electron chi connectivity index (χ4n) is 2.54. The van der Waals surface area contributed by atoms with Crippen molar-refractivity contribution >= 4 is 0 Å². The minimum Gasteiger partial charge on any atom is -0.394 e. The van der Waals surface area contributed by atoms with Gasteiger partial charge in [0.2, 0.25) is 0 Å². The van der Waals surface area contributed by atoms with Crippen LogP contribution in [0, 0.1) is 11.7 Å². The smallest absolute Gasteiger partial charge is 0.126 e. The summed E-state index contributed by atoms with van der Waals surface area (Å²) in [5, 5.41) is 13.1. The Labute approximate surface area is 102 Å². The van der Waals surface area contributed by atoms with Crippen molar-refractivity contribution in [2.24, 2.45) is 5.92 Å². The van der Waals surface area contributed by atoms with Gasteiger partial charge < -0.3 is 10.4 Å². The van der Waals surface area contributed by atoms with Crippen LogP contribution in [-0.2, 0) is 12.0 Å². The number of hydrogen-bond donors (Lipinski definition) is 2. The molecule has 1 unspecified atom stereocenters. The van der Waals surface area contributed by atoms with Gasteiger partial charge >= 0.3 is 0 Å². The molecule has 0 saturated heterocycles. The number of rotatable bonds is 4. The lowest BCUT2D eigenvalue weighted by molar-refractivity contribution is 0.156. The molecule has 0 fully saturated rings. The molecule has 2 N–H and O–H groups in total. The van der Waals surface area contributed by atoms with Gasteiger partial charge in [0, 0.05) is 0 Å². The van der Waals surface area contributed by atoms with Crippen LogP contribution in [0.1, 0.15) is 31.4 Å². The molecule has 0 spiro atoms. The molecular formula is C14H20FNO. The van der Waals surface area contributed by atoms with Crippen LogP contribution in [0.2, 0.25) is 0 Å². The van der Waals surface area contributed by atoms with Crippen molar-refractivity contribution in [1.29, 1.82) is 0 Å². The highest BCUT2D eigenvalue weighted by Gasteiger charge is 2.38. The molecule has 1 atom stereocenters. The van der Waals surface area contributed by atoms with Crippen LogP contribution < -0.4 is 5.32 Å². The summed E-state index contributed by atoms with van der Waals surface area (Å²) in [4.78, 5) is 0. The zero-order chi connectivity index (χ0) is 12.5. The molecule has 1 aliphatic rings. The number of benzene rings is 1. The fraction of sp³-hybridized carbons (Fsp3) is 0.571. The minimum absolute atomic E-state index is 0.0240. The van der Waals surface area contributed by atoms with Gasteiger partial charge in [-0.15, -0.1) is 0 Å². The predicted molar refractivity (Wildman–Crippen MR) is 66.3 cm³/mol. The Morgan fingerprint density at radius 2 is 2.24 bits per heavy atom. The summed E-state index contributed by atoms with van der Waals surface area (Å²) in [5.41, 5.74) is 1.25. The van der Waals surface area contributed by atoms with Crippen molar-refractivity contribution in [3.8, 4) is 0 Å². The maximum absolute atomic E-state index is 13.7. The van der Waals surface area contributed by atoms with Gasteiger partial charge in [-0.1, -0.05) is 26.0 Å². The lowest BCUT2D eigenvalue weighted by atomic mass is 9.92. The van der Waals surface area contributed by atoms with E-state index in [9.17, 15) is 9.50 Å². The molecule has 94 valence electrons. The quantitative estimate of drug-likeness (QED) is 0.841. The van der Waals surface area contributed by atoms with Crippen LogP contribution in [-0.4, -0.2) is 18.3 Å². The van der Waals surface area contributed by atoms with Gasteiger partial charge in [0.05, 0.1) is 12.1 Å². The molecule has 1 aromatic rings. The van der Waals surface area contributed by atoms with Gasteiger partial charge in [0.1, 0.15) is 5.82 Å². The lowest BCUT2D eigenvalue weighted by Crippen LogP contribution is -2.45. The second kappa shape index (κ2) is 4.75. The summed E-state index contributed by atoms with van der Waals surface area (Å²) in [6.45, 7) is 5.10. The number of nitrogens with one attached hydrogen (secondary N) is 1. The first kappa shape index (κ1) is 12.5. The molecule has 0 aromatic heterocycles. The predicted octanol–water partition coefficient (Wildman–Crippen LogP) is 2.21. The number of halogens is 1. The molecule has 1 aliphatic carbocycles. The second-order valence-electron chi connectivity index (χ2n) is 5.28. The Morgan fingerprint density at radius 1 is 1.47 bits per heavy atom. The first-order chi connectivity index (χ1) is 8.09. The first-order valence-electron chi connectivity index (χ1n) is 6.23. The number of fused-ring (bicyclic) bond motifs is 1. The van der Waals surface area contributed by atoms with Crippen molar-refractivity contribution in [1.82, 2.24) is 5.32 Å². The zero-order valence-electron chi connectivity index (χ0n) is 10.5. The normalized spacial score (nSPS) is 23.1. The maximum atomic E-state index is 13.7. The highest BCUT2D eigenvalue weighted by Crippen LogP contribution is 2.37. The average Bonchev–Trinajstić information content (AvgIpc) is 2.68. The van der Waals surface area contributed by atoms with E-state index in [1.54, 1.807) is 6.07 Å². The Balaban J connectivity index is 2.30. The highest BCUT2D eigenvalue weighted by molar-refractivity contribution is 5.39. The molecule has 3 heteroatoms. The van der Waals surface area contributed by atoms with Crippen LogP contribution in [0.15, 0.2) is 18.2 Å². The Hall–Kier alpha value is -0.930. The molecule has 0 radical (unpaired) electrons. The van der Waals surface area contributed by atoms with Crippen LogP contribution in [0.4, 0.5) is 4.39 Å². The summed E-state index contributed by atoms with van der Waals surface area (Å²) in [6, 6.07) is 5.14. The van der Waals surface area contributed by atoms with Crippen LogP contribution in [0.3, 0.4) is 0 Å². The van der Waals surface area contributed by atoms with E-state index >= 15 is 0 Å². The van der Waals surface area contributed by atoms with E-state index in [2.05, 4.69) is 19.2 Å². The minimum atomic E-state index is -0.443. The largest absolute Gasteiger partial charge is 0.394 e. The molecule has 0 aliphatic heterocycles. The third kappa shape index (κ3) is 2.22. The molecule has 0 bridgehead atoms. The van der Waals surface area contributed by atoms with E-state index < -0.39 is 5.54 Å². The summed E-state index contributed by atoms with van der Waals surface area (Å²) in [6.07, 6.45) is 1.47. The molecule has 1 aromatic carbocycles. The van der Waals surface area contributed by atoms with E-state index in [-0.39, 0.29) is 12.4 Å². The molecule has 0 heterocycles. The summed E-state index contributed by atoms with van der Waals surface area (Å²) in [5.74, 6) is 0.361. The van der Waals surface area contributed by atoms with Gasteiger partial charge in [-0.25, -0.2) is 4.39 Å². The Bertz CT molecular complexity index is 405. The van der Waals surface area contributed by atoms with E-state index in [0.29, 0.717) is 12.3 Å². The third-order valence-electron chi connectivity index (χ3n) is 3.55. The Kier molecular flexibility index (Phi) is 3.50. The molecule has 2 nitrogen and oxygen atoms in total.